The Labute approximate surface area is 110 Å². The van der Waals surface area contributed by atoms with Crippen molar-refractivity contribution in [1.82, 2.24) is 15.0 Å². The molecule has 0 radical (unpaired) electrons. The summed E-state index contributed by atoms with van der Waals surface area (Å²) in [4.78, 5) is 1.49. The topological polar surface area (TPSA) is 54.5 Å². The Hall–Kier alpha value is -2.93. The van der Waals surface area contributed by atoms with Gasteiger partial charge in [-0.2, -0.15) is 15.5 Å². The van der Waals surface area contributed by atoms with E-state index >= 15 is 0 Å². The Morgan fingerprint density at radius 2 is 1.63 bits per heavy atom. The highest BCUT2D eigenvalue weighted by molar-refractivity contribution is 5.76. The molecule has 4 nitrogen and oxygen atoms in total. The first-order valence-electron chi connectivity index (χ1n) is 5.85. The van der Waals surface area contributed by atoms with Gasteiger partial charge in [-0.25, -0.2) is 0 Å². The lowest BCUT2D eigenvalue weighted by Gasteiger charge is -2.10. The van der Waals surface area contributed by atoms with Gasteiger partial charge in [0.05, 0.1) is 18.0 Å². The molecule has 3 rings (SSSR count). The van der Waals surface area contributed by atoms with Gasteiger partial charge in [0.15, 0.2) is 0 Å². The molecule has 1 aromatic heterocycles. The molecular formula is C15H10N4. The first-order valence-corrected chi connectivity index (χ1v) is 5.85. The standard InChI is InChI=1S/C15H10N4/c16-11-13-7-4-8-14(12-5-2-1-3-6-12)15(13)19-17-9-10-18-19/h1-10H. The van der Waals surface area contributed by atoms with Gasteiger partial charge in [-0.15, -0.1) is 4.80 Å². The smallest absolute Gasteiger partial charge is 0.111 e. The molecule has 0 N–H and O–H groups in total. The average Bonchev–Trinajstić information content (AvgIpc) is 3.01. The van der Waals surface area contributed by atoms with E-state index in [1.165, 1.54) is 4.80 Å². The number of nitriles is 1. The van der Waals surface area contributed by atoms with Crippen molar-refractivity contribution in [1.29, 1.82) is 5.26 Å². The first-order chi connectivity index (χ1) is 9.40. The SMILES string of the molecule is N#Cc1cccc(-c2ccccc2)c1-n1nccn1. The van der Waals surface area contributed by atoms with Gasteiger partial charge < -0.3 is 0 Å². The van der Waals surface area contributed by atoms with Gasteiger partial charge in [0, 0.05) is 5.56 Å². The van der Waals surface area contributed by atoms with Gasteiger partial charge in [-0.1, -0.05) is 42.5 Å². The predicted molar refractivity (Wildman–Crippen MR) is 71.5 cm³/mol. The molecule has 19 heavy (non-hydrogen) atoms. The van der Waals surface area contributed by atoms with Crippen molar-refractivity contribution in [3.8, 4) is 22.9 Å². The van der Waals surface area contributed by atoms with Crippen LogP contribution in [0, 0.1) is 11.3 Å². The second kappa shape index (κ2) is 4.75. The van der Waals surface area contributed by atoms with Crippen LogP contribution in [0.15, 0.2) is 60.9 Å². The predicted octanol–water partition coefficient (Wildman–Crippen LogP) is 2.81. The Balaban J connectivity index is 2.29. The molecule has 0 amide bonds. The molecule has 0 aliphatic heterocycles. The highest BCUT2D eigenvalue weighted by Gasteiger charge is 2.12. The van der Waals surface area contributed by atoms with E-state index in [2.05, 4.69) is 16.3 Å². The van der Waals surface area contributed by atoms with Gasteiger partial charge >= 0.3 is 0 Å². The molecular weight excluding hydrogens is 236 g/mol. The zero-order valence-corrected chi connectivity index (χ0v) is 10.1. The molecule has 0 spiro atoms. The molecule has 90 valence electrons. The molecule has 0 aliphatic carbocycles. The number of para-hydroxylation sites is 1. The molecule has 0 fully saturated rings. The maximum atomic E-state index is 9.27. The minimum atomic E-state index is 0.553. The van der Waals surface area contributed by atoms with Crippen LogP contribution < -0.4 is 0 Å². The number of nitrogens with zero attached hydrogens (tertiary/aromatic N) is 4. The van der Waals surface area contributed by atoms with Crippen LogP contribution in [0.4, 0.5) is 0 Å². The average molecular weight is 246 g/mol. The van der Waals surface area contributed by atoms with Crippen molar-refractivity contribution in [2.24, 2.45) is 0 Å². The quantitative estimate of drug-likeness (QED) is 0.698. The third-order valence-electron chi connectivity index (χ3n) is 2.86. The second-order valence-corrected chi connectivity index (χ2v) is 4.00. The highest BCUT2D eigenvalue weighted by Crippen LogP contribution is 2.28. The summed E-state index contributed by atoms with van der Waals surface area (Å²) in [6.45, 7) is 0. The van der Waals surface area contributed by atoms with Crippen LogP contribution in [-0.4, -0.2) is 15.0 Å². The van der Waals surface area contributed by atoms with Gasteiger partial charge in [-0.3, -0.25) is 0 Å². The molecule has 1 heterocycles. The van der Waals surface area contributed by atoms with Gasteiger partial charge in [0.2, 0.25) is 0 Å². The summed E-state index contributed by atoms with van der Waals surface area (Å²) in [6.07, 6.45) is 3.20. The van der Waals surface area contributed by atoms with Crippen molar-refractivity contribution >= 4 is 0 Å². The van der Waals surface area contributed by atoms with Crippen LogP contribution >= 0.6 is 0 Å². The molecule has 2 aromatic carbocycles. The van der Waals surface area contributed by atoms with Crippen LogP contribution in [0.25, 0.3) is 16.8 Å². The summed E-state index contributed by atoms with van der Waals surface area (Å²) >= 11 is 0. The Morgan fingerprint density at radius 1 is 0.895 bits per heavy atom. The van der Waals surface area contributed by atoms with Gasteiger partial charge in [-0.05, 0) is 11.6 Å². The zero-order chi connectivity index (χ0) is 13.1. The van der Waals surface area contributed by atoms with E-state index in [4.69, 9.17) is 0 Å². The van der Waals surface area contributed by atoms with Gasteiger partial charge in [0.1, 0.15) is 11.8 Å². The van der Waals surface area contributed by atoms with Gasteiger partial charge in [0.25, 0.3) is 0 Å². The maximum absolute atomic E-state index is 9.27. The summed E-state index contributed by atoms with van der Waals surface area (Å²) in [7, 11) is 0. The molecule has 0 aliphatic rings. The molecule has 0 atom stereocenters. The summed E-state index contributed by atoms with van der Waals surface area (Å²) in [6, 6.07) is 17.7. The minimum Gasteiger partial charge on any atom is -0.192 e. The number of rotatable bonds is 2. The third kappa shape index (κ3) is 1.98. The molecule has 0 unspecified atom stereocenters. The van der Waals surface area contributed by atoms with Crippen LogP contribution in [-0.2, 0) is 0 Å². The number of aromatic nitrogens is 3. The van der Waals surface area contributed by atoms with Crippen molar-refractivity contribution in [3.63, 3.8) is 0 Å². The zero-order valence-electron chi connectivity index (χ0n) is 10.1. The largest absolute Gasteiger partial charge is 0.192 e. The molecule has 0 saturated carbocycles. The van der Waals surface area contributed by atoms with Crippen molar-refractivity contribution < 1.29 is 0 Å². The van der Waals surface area contributed by atoms with E-state index in [1.54, 1.807) is 18.5 Å². The minimum absolute atomic E-state index is 0.553. The summed E-state index contributed by atoms with van der Waals surface area (Å²) in [5.41, 5.74) is 3.24. The highest BCUT2D eigenvalue weighted by atomic mass is 15.5. The fraction of sp³-hybridized carbons (Fsp3) is 0. The fourth-order valence-electron chi connectivity index (χ4n) is 2.03. The lowest BCUT2D eigenvalue weighted by Crippen LogP contribution is -2.03. The molecule has 0 bridgehead atoms. The normalized spacial score (nSPS) is 10.1. The maximum Gasteiger partial charge on any atom is 0.111 e. The summed E-state index contributed by atoms with van der Waals surface area (Å²) < 4.78 is 0. The summed E-state index contributed by atoms with van der Waals surface area (Å²) in [5, 5.41) is 17.5. The van der Waals surface area contributed by atoms with E-state index in [-0.39, 0.29) is 0 Å². The van der Waals surface area contributed by atoms with Crippen LogP contribution in [0.5, 0.6) is 0 Å². The second-order valence-electron chi connectivity index (χ2n) is 4.00. The lowest BCUT2D eigenvalue weighted by atomic mass is 10.0. The van der Waals surface area contributed by atoms with Crippen LogP contribution in [0.2, 0.25) is 0 Å². The Morgan fingerprint density at radius 3 is 2.32 bits per heavy atom. The summed E-state index contributed by atoms with van der Waals surface area (Å²) in [5.74, 6) is 0. The number of hydrogen-bond acceptors (Lipinski definition) is 3. The first kappa shape index (κ1) is 11.2. The Kier molecular flexibility index (Phi) is 2.79. The van der Waals surface area contributed by atoms with Crippen molar-refractivity contribution in [2.45, 2.75) is 0 Å². The van der Waals surface area contributed by atoms with Crippen LogP contribution in [0.3, 0.4) is 0 Å². The molecule has 3 aromatic rings. The number of hydrogen-bond donors (Lipinski definition) is 0. The molecule has 0 saturated heterocycles. The lowest BCUT2D eigenvalue weighted by molar-refractivity contribution is 0.751. The van der Waals surface area contributed by atoms with E-state index in [0.29, 0.717) is 11.3 Å². The van der Waals surface area contributed by atoms with E-state index < -0.39 is 0 Å². The molecule has 4 heteroatoms. The monoisotopic (exact) mass is 246 g/mol. The number of benzene rings is 2. The van der Waals surface area contributed by atoms with Crippen molar-refractivity contribution in [2.75, 3.05) is 0 Å². The van der Waals surface area contributed by atoms with E-state index in [1.807, 2.05) is 42.5 Å². The fourth-order valence-corrected chi connectivity index (χ4v) is 2.03. The van der Waals surface area contributed by atoms with E-state index in [0.717, 1.165) is 11.1 Å². The van der Waals surface area contributed by atoms with Crippen molar-refractivity contribution in [3.05, 3.63) is 66.5 Å². The van der Waals surface area contributed by atoms with E-state index in [9.17, 15) is 5.26 Å². The third-order valence-corrected chi connectivity index (χ3v) is 2.86. The Bertz CT molecular complexity index is 725. The van der Waals surface area contributed by atoms with Crippen LogP contribution in [0.1, 0.15) is 5.56 Å².